The van der Waals surface area contributed by atoms with Gasteiger partial charge >= 0.3 is 0 Å². The van der Waals surface area contributed by atoms with Crippen LogP contribution in [0.4, 0.5) is 0 Å². The number of fused-ring (bicyclic) bond motifs is 1. The van der Waals surface area contributed by atoms with Crippen LogP contribution in [0.1, 0.15) is 23.6 Å². The van der Waals surface area contributed by atoms with Crippen molar-refractivity contribution in [2.45, 2.75) is 26.2 Å². The zero-order valence-corrected chi connectivity index (χ0v) is 17.8. The van der Waals surface area contributed by atoms with Crippen molar-refractivity contribution in [3.05, 3.63) is 47.3 Å². The second-order valence-corrected chi connectivity index (χ2v) is 6.25. The molecule has 26 heavy (non-hydrogen) atoms. The van der Waals surface area contributed by atoms with E-state index in [0.717, 1.165) is 57.2 Å². The lowest BCUT2D eigenvalue weighted by atomic mass is 10.1. The molecule has 0 spiro atoms. The van der Waals surface area contributed by atoms with Crippen LogP contribution in [0.2, 0.25) is 0 Å². The molecular weight excluding hydrogens is 441 g/mol. The van der Waals surface area contributed by atoms with Crippen molar-refractivity contribution >= 4 is 29.9 Å². The topological polar surface area (TPSA) is 63.5 Å². The standard InChI is InChI=1S/C19H27N5O.HI/c1-3-20-19(22-10-7-16-13-23-24(2)14-16)21-9-6-15-4-5-18-17(12-15)8-11-25-18;/h4-5,12-14H,3,6-11H2,1-2H3,(H2,20,21,22);1H. The maximum atomic E-state index is 5.56. The molecule has 2 heterocycles. The smallest absolute Gasteiger partial charge is 0.191 e. The highest BCUT2D eigenvalue weighted by Gasteiger charge is 2.11. The van der Waals surface area contributed by atoms with Gasteiger partial charge in [-0.2, -0.15) is 5.10 Å². The number of ether oxygens (including phenoxy) is 1. The lowest BCUT2D eigenvalue weighted by molar-refractivity contribution is 0.357. The van der Waals surface area contributed by atoms with Gasteiger partial charge in [0.25, 0.3) is 0 Å². The lowest BCUT2D eigenvalue weighted by Gasteiger charge is -2.11. The summed E-state index contributed by atoms with van der Waals surface area (Å²) in [6, 6.07) is 6.47. The number of guanidine groups is 1. The molecule has 6 nitrogen and oxygen atoms in total. The fourth-order valence-corrected chi connectivity index (χ4v) is 2.96. The molecule has 1 aromatic heterocycles. The van der Waals surface area contributed by atoms with Gasteiger partial charge in [-0.15, -0.1) is 24.0 Å². The predicted molar refractivity (Wildman–Crippen MR) is 116 cm³/mol. The molecule has 3 rings (SSSR count). The molecule has 2 N–H and O–H groups in total. The molecule has 142 valence electrons. The first-order valence-electron chi connectivity index (χ1n) is 8.99. The first kappa shape index (κ1) is 20.5. The minimum atomic E-state index is 0. The van der Waals surface area contributed by atoms with Crippen LogP contribution in [0.3, 0.4) is 0 Å². The summed E-state index contributed by atoms with van der Waals surface area (Å²) in [6.07, 6.45) is 6.84. The van der Waals surface area contributed by atoms with E-state index >= 15 is 0 Å². The fraction of sp³-hybridized carbons (Fsp3) is 0.474. The third-order valence-electron chi connectivity index (χ3n) is 4.23. The summed E-state index contributed by atoms with van der Waals surface area (Å²) >= 11 is 0. The molecule has 7 heteroatoms. The molecular formula is C19H28IN5O. The zero-order chi connectivity index (χ0) is 17.5. The van der Waals surface area contributed by atoms with E-state index in [1.807, 2.05) is 24.1 Å². The van der Waals surface area contributed by atoms with Crippen LogP contribution < -0.4 is 15.4 Å². The predicted octanol–water partition coefficient (Wildman–Crippen LogP) is 2.31. The van der Waals surface area contributed by atoms with Crippen molar-refractivity contribution in [2.75, 3.05) is 26.2 Å². The van der Waals surface area contributed by atoms with Gasteiger partial charge in [-0.1, -0.05) is 12.1 Å². The minimum absolute atomic E-state index is 0. The molecule has 0 aliphatic carbocycles. The Morgan fingerprint density at radius 3 is 2.92 bits per heavy atom. The maximum absolute atomic E-state index is 5.56. The highest BCUT2D eigenvalue weighted by molar-refractivity contribution is 14.0. The summed E-state index contributed by atoms with van der Waals surface area (Å²) in [5, 5.41) is 10.9. The summed E-state index contributed by atoms with van der Waals surface area (Å²) in [7, 11) is 1.94. The Labute approximate surface area is 172 Å². The highest BCUT2D eigenvalue weighted by Crippen LogP contribution is 2.25. The van der Waals surface area contributed by atoms with Crippen LogP contribution in [0.15, 0.2) is 35.6 Å². The van der Waals surface area contributed by atoms with Gasteiger partial charge in [0.05, 0.1) is 12.8 Å². The highest BCUT2D eigenvalue weighted by atomic mass is 127. The molecule has 0 atom stereocenters. The largest absolute Gasteiger partial charge is 0.493 e. The van der Waals surface area contributed by atoms with E-state index in [2.05, 4.69) is 45.8 Å². The van der Waals surface area contributed by atoms with E-state index in [9.17, 15) is 0 Å². The number of aryl methyl sites for hydroxylation is 1. The van der Waals surface area contributed by atoms with Crippen LogP contribution in [0.25, 0.3) is 0 Å². The van der Waals surface area contributed by atoms with Crippen molar-refractivity contribution in [3.8, 4) is 5.75 Å². The van der Waals surface area contributed by atoms with Crippen LogP contribution >= 0.6 is 24.0 Å². The Morgan fingerprint density at radius 2 is 2.15 bits per heavy atom. The molecule has 0 fully saturated rings. The van der Waals surface area contributed by atoms with Gasteiger partial charge < -0.3 is 15.4 Å². The number of nitrogens with one attached hydrogen (secondary N) is 2. The first-order chi connectivity index (χ1) is 12.2. The van der Waals surface area contributed by atoms with Crippen molar-refractivity contribution in [2.24, 2.45) is 12.0 Å². The first-order valence-corrected chi connectivity index (χ1v) is 8.99. The number of rotatable bonds is 7. The Hall–Kier alpha value is -1.77. The quantitative estimate of drug-likeness (QED) is 0.371. The van der Waals surface area contributed by atoms with E-state index < -0.39 is 0 Å². The van der Waals surface area contributed by atoms with Crippen molar-refractivity contribution in [3.63, 3.8) is 0 Å². The summed E-state index contributed by atoms with van der Waals surface area (Å²) in [5.41, 5.74) is 3.87. The van der Waals surface area contributed by atoms with E-state index in [1.165, 1.54) is 16.7 Å². The monoisotopic (exact) mass is 469 g/mol. The minimum Gasteiger partial charge on any atom is -0.493 e. The number of nitrogens with zero attached hydrogens (tertiary/aromatic N) is 3. The van der Waals surface area contributed by atoms with E-state index in [-0.39, 0.29) is 24.0 Å². The summed E-state index contributed by atoms with van der Waals surface area (Å²) in [6.45, 7) is 5.35. The molecule has 1 aliphatic heterocycles. The van der Waals surface area contributed by atoms with E-state index in [1.54, 1.807) is 0 Å². The number of hydrogen-bond acceptors (Lipinski definition) is 3. The normalized spacial score (nSPS) is 12.9. The van der Waals surface area contributed by atoms with Gasteiger partial charge in [0, 0.05) is 39.3 Å². The lowest BCUT2D eigenvalue weighted by Crippen LogP contribution is -2.38. The van der Waals surface area contributed by atoms with Crippen LogP contribution in [-0.4, -0.2) is 42.0 Å². The van der Waals surface area contributed by atoms with Crippen molar-refractivity contribution in [1.82, 2.24) is 20.4 Å². The zero-order valence-electron chi connectivity index (χ0n) is 15.5. The average molecular weight is 469 g/mol. The molecule has 0 bridgehead atoms. The van der Waals surface area contributed by atoms with Crippen molar-refractivity contribution < 1.29 is 4.74 Å². The van der Waals surface area contributed by atoms with Crippen LogP contribution in [-0.2, 0) is 26.3 Å². The van der Waals surface area contributed by atoms with Gasteiger partial charge in [-0.05, 0) is 42.5 Å². The summed E-state index contributed by atoms with van der Waals surface area (Å²) < 4.78 is 7.39. The average Bonchev–Trinajstić information content (AvgIpc) is 3.23. The maximum Gasteiger partial charge on any atom is 0.191 e. The summed E-state index contributed by atoms with van der Waals surface area (Å²) in [5.74, 6) is 1.91. The molecule has 0 unspecified atom stereocenters. The van der Waals surface area contributed by atoms with E-state index in [0.29, 0.717) is 0 Å². The molecule has 0 saturated heterocycles. The molecule has 0 amide bonds. The molecule has 1 aromatic carbocycles. The number of benzene rings is 1. The van der Waals surface area contributed by atoms with E-state index in [4.69, 9.17) is 4.74 Å². The van der Waals surface area contributed by atoms with Gasteiger partial charge in [0.1, 0.15) is 5.75 Å². The Kier molecular flexibility index (Phi) is 8.21. The van der Waals surface area contributed by atoms with Crippen LogP contribution in [0.5, 0.6) is 5.75 Å². The summed E-state index contributed by atoms with van der Waals surface area (Å²) in [4.78, 5) is 4.68. The van der Waals surface area contributed by atoms with Gasteiger partial charge in [0.2, 0.25) is 0 Å². The molecule has 0 saturated carbocycles. The molecule has 2 aromatic rings. The number of aliphatic imine (C=N–C) groups is 1. The fourth-order valence-electron chi connectivity index (χ4n) is 2.96. The SMILES string of the molecule is CCNC(=NCCc1ccc2c(c1)CCO2)NCCc1cnn(C)c1.I. The molecule has 0 radical (unpaired) electrons. The van der Waals surface area contributed by atoms with Crippen molar-refractivity contribution in [1.29, 1.82) is 0 Å². The second kappa shape index (κ2) is 10.4. The third-order valence-corrected chi connectivity index (χ3v) is 4.23. The number of aromatic nitrogens is 2. The molecule has 1 aliphatic rings. The van der Waals surface area contributed by atoms with Gasteiger partial charge in [-0.25, -0.2) is 0 Å². The third kappa shape index (κ3) is 5.89. The Morgan fingerprint density at radius 1 is 1.27 bits per heavy atom. The number of hydrogen-bond donors (Lipinski definition) is 2. The van der Waals surface area contributed by atoms with Gasteiger partial charge in [-0.3, -0.25) is 9.67 Å². The second-order valence-electron chi connectivity index (χ2n) is 6.25. The Bertz CT molecular complexity index is 728. The Balaban J connectivity index is 0.00000243. The van der Waals surface area contributed by atoms with Crippen LogP contribution in [0, 0.1) is 0 Å². The number of halogens is 1. The van der Waals surface area contributed by atoms with Gasteiger partial charge in [0.15, 0.2) is 5.96 Å².